The van der Waals surface area contributed by atoms with Gasteiger partial charge in [0.1, 0.15) is 0 Å². The second-order valence-electron chi connectivity index (χ2n) is 4.16. The quantitative estimate of drug-likeness (QED) is 0.329. The third kappa shape index (κ3) is 1.12. The number of hydrogen-bond acceptors (Lipinski definition) is 3. The van der Waals surface area contributed by atoms with Gasteiger partial charge in [-0.1, -0.05) is 0 Å². The number of phenolic OH excluding ortho intramolecular Hbond substituents is 2. The summed E-state index contributed by atoms with van der Waals surface area (Å²) in [5, 5.41) is 28.1. The van der Waals surface area contributed by atoms with Gasteiger partial charge in [-0.05, 0) is 0 Å². The van der Waals surface area contributed by atoms with Gasteiger partial charge in [0.25, 0.3) is 0 Å². The number of fused-ring (bicyclic) bond motifs is 2. The number of aromatic nitrogens is 2. The molecule has 0 bridgehead atoms. The minimum atomic E-state index is -0.0678. The molecule has 2 heterocycles. The molecule has 5 heteroatoms. The maximum atomic E-state index is 9.99. The van der Waals surface area contributed by atoms with Crippen molar-refractivity contribution in [3.63, 3.8) is 0 Å². The molecular formula is C13H8N2O2Se. The molecule has 4 nitrogen and oxygen atoms in total. The van der Waals surface area contributed by atoms with Crippen molar-refractivity contribution >= 4 is 34.8 Å². The van der Waals surface area contributed by atoms with Gasteiger partial charge in [0.05, 0.1) is 0 Å². The Balaban J connectivity index is 2.16. The number of aromatic hydroxyl groups is 2. The fraction of sp³-hybridized carbons (Fsp3) is 0. The topological polar surface area (TPSA) is 69.1 Å². The number of benzene rings is 2. The second kappa shape index (κ2) is 3.28. The van der Waals surface area contributed by atoms with E-state index in [4.69, 9.17) is 0 Å². The molecular weight excluding hydrogens is 295 g/mol. The number of hydrogen-bond donors (Lipinski definition) is 3. The summed E-state index contributed by atoms with van der Waals surface area (Å²) in [6.45, 7) is 0. The average molecular weight is 303 g/mol. The van der Waals surface area contributed by atoms with Crippen LogP contribution in [-0.4, -0.2) is 35.4 Å². The van der Waals surface area contributed by atoms with Gasteiger partial charge in [-0.15, -0.1) is 0 Å². The fourth-order valence-electron chi connectivity index (χ4n) is 2.28. The Morgan fingerprint density at radius 1 is 1.11 bits per heavy atom. The predicted molar refractivity (Wildman–Crippen MR) is 69.9 cm³/mol. The van der Waals surface area contributed by atoms with Gasteiger partial charge >= 0.3 is 108 Å². The zero-order chi connectivity index (χ0) is 12.3. The van der Waals surface area contributed by atoms with Crippen molar-refractivity contribution in [2.24, 2.45) is 0 Å². The zero-order valence-corrected chi connectivity index (χ0v) is 10.8. The van der Waals surface area contributed by atoms with E-state index in [2.05, 4.69) is 10.2 Å². The van der Waals surface area contributed by atoms with Crippen LogP contribution in [0.15, 0.2) is 30.3 Å². The summed E-state index contributed by atoms with van der Waals surface area (Å²) in [5.41, 5.74) is 2.79. The number of H-pyrrole nitrogens is 1. The monoisotopic (exact) mass is 304 g/mol. The zero-order valence-electron chi connectivity index (χ0n) is 9.14. The first-order valence-electron chi connectivity index (χ1n) is 5.46. The molecule has 4 rings (SSSR count). The summed E-state index contributed by atoms with van der Waals surface area (Å²) in [5.74, 6) is -0.0834. The molecule has 3 N–H and O–H groups in total. The molecule has 1 aliphatic heterocycles. The second-order valence-corrected chi connectivity index (χ2v) is 6.37. The van der Waals surface area contributed by atoms with Crippen LogP contribution in [0, 0.1) is 0 Å². The van der Waals surface area contributed by atoms with Gasteiger partial charge in [0.2, 0.25) is 0 Å². The summed E-state index contributed by atoms with van der Waals surface area (Å²) in [4.78, 5) is 0. The van der Waals surface area contributed by atoms with Crippen molar-refractivity contribution in [3.05, 3.63) is 30.3 Å². The van der Waals surface area contributed by atoms with Crippen LogP contribution in [0.4, 0.5) is 0 Å². The maximum absolute atomic E-state index is 9.99. The Morgan fingerprint density at radius 2 is 2.00 bits per heavy atom. The van der Waals surface area contributed by atoms with Gasteiger partial charge in [-0.3, -0.25) is 0 Å². The Kier molecular flexibility index (Phi) is 1.82. The van der Waals surface area contributed by atoms with Crippen molar-refractivity contribution in [2.45, 2.75) is 0 Å². The van der Waals surface area contributed by atoms with E-state index in [1.54, 1.807) is 0 Å². The summed E-state index contributed by atoms with van der Waals surface area (Å²) in [6.07, 6.45) is 0. The first kappa shape index (κ1) is 10.00. The Labute approximate surface area is 108 Å². The van der Waals surface area contributed by atoms with Crippen LogP contribution in [0.5, 0.6) is 11.5 Å². The molecule has 0 saturated carbocycles. The number of rotatable bonds is 0. The molecule has 0 atom stereocenters. The van der Waals surface area contributed by atoms with Gasteiger partial charge in [0.15, 0.2) is 0 Å². The third-order valence-electron chi connectivity index (χ3n) is 3.13. The van der Waals surface area contributed by atoms with E-state index in [9.17, 15) is 10.2 Å². The van der Waals surface area contributed by atoms with E-state index >= 15 is 0 Å². The normalized spacial score (nSPS) is 12.7. The molecule has 1 aromatic heterocycles. The van der Waals surface area contributed by atoms with Crippen LogP contribution in [0.3, 0.4) is 0 Å². The summed E-state index contributed by atoms with van der Waals surface area (Å²) < 4.78 is 1.98. The van der Waals surface area contributed by atoms with E-state index in [1.165, 1.54) is 10.5 Å². The van der Waals surface area contributed by atoms with Crippen LogP contribution in [0.2, 0.25) is 0 Å². The average Bonchev–Trinajstić information content (AvgIpc) is 2.81. The molecule has 0 spiro atoms. The predicted octanol–water partition coefficient (Wildman–Crippen LogP) is 0.609. The Hall–Kier alpha value is -1.97. The first-order chi connectivity index (χ1) is 8.75. The number of aromatic amines is 1. The van der Waals surface area contributed by atoms with E-state index in [0.717, 1.165) is 26.6 Å². The molecule has 18 heavy (non-hydrogen) atoms. The Bertz CT molecular complexity index is 795. The number of nitrogens with one attached hydrogen (secondary N) is 1. The standard InChI is InChI=1S/C13H8N2O2Se/c16-8-5-4-6-11-10-7(14-15-11)2-1-3-9(10)18-13(6)12(8)17/h1-5,16-17H,(H,14,15). The number of phenols is 2. The van der Waals surface area contributed by atoms with Crippen molar-refractivity contribution in [3.8, 4) is 22.8 Å². The van der Waals surface area contributed by atoms with Crippen LogP contribution in [0.1, 0.15) is 0 Å². The molecule has 0 amide bonds. The molecule has 0 saturated heterocycles. The SMILES string of the molecule is Oc1ccc2c(c1O)[Se]c1cccc3[nH]nc-2c13. The molecule has 3 aromatic rings. The van der Waals surface area contributed by atoms with Crippen LogP contribution in [0.25, 0.3) is 22.2 Å². The molecule has 0 unspecified atom stereocenters. The summed E-state index contributed by atoms with van der Waals surface area (Å²) in [7, 11) is 0. The minimum absolute atomic E-state index is 0.0156. The summed E-state index contributed by atoms with van der Waals surface area (Å²) in [6, 6.07) is 9.35. The van der Waals surface area contributed by atoms with Crippen LogP contribution >= 0.6 is 0 Å². The molecule has 0 radical (unpaired) electrons. The molecule has 0 aliphatic carbocycles. The van der Waals surface area contributed by atoms with Crippen molar-refractivity contribution in [1.82, 2.24) is 10.2 Å². The van der Waals surface area contributed by atoms with Crippen LogP contribution in [-0.2, 0) is 0 Å². The molecule has 88 valence electrons. The first-order valence-corrected chi connectivity index (χ1v) is 7.17. The van der Waals surface area contributed by atoms with Gasteiger partial charge in [-0.2, -0.15) is 0 Å². The van der Waals surface area contributed by atoms with E-state index in [-0.39, 0.29) is 26.5 Å². The van der Waals surface area contributed by atoms with E-state index in [0.29, 0.717) is 0 Å². The fourth-order valence-corrected chi connectivity index (χ4v) is 4.70. The molecule has 0 fully saturated rings. The third-order valence-corrected chi connectivity index (χ3v) is 5.60. The van der Waals surface area contributed by atoms with Gasteiger partial charge in [0, 0.05) is 0 Å². The number of nitrogens with zero attached hydrogens (tertiary/aromatic N) is 1. The Morgan fingerprint density at radius 3 is 2.89 bits per heavy atom. The van der Waals surface area contributed by atoms with E-state index < -0.39 is 0 Å². The molecule has 1 aliphatic rings. The van der Waals surface area contributed by atoms with Gasteiger partial charge in [-0.25, -0.2) is 0 Å². The summed E-state index contributed by atoms with van der Waals surface area (Å²) >= 11 is -0.0193. The van der Waals surface area contributed by atoms with Crippen LogP contribution < -0.4 is 8.92 Å². The molecule has 2 aromatic carbocycles. The van der Waals surface area contributed by atoms with Crippen molar-refractivity contribution < 1.29 is 10.2 Å². The van der Waals surface area contributed by atoms with E-state index in [1.807, 2.05) is 24.3 Å². The van der Waals surface area contributed by atoms with Crippen molar-refractivity contribution in [2.75, 3.05) is 0 Å². The van der Waals surface area contributed by atoms with Crippen molar-refractivity contribution in [1.29, 1.82) is 0 Å². The van der Waals surface area contributed by atoms with Gasteiger partial charge < -0.3 is 0 Å².